The molecule has 1 N–H and O–H groups in total. The summed E-state index contributed by atoms with van der Waals surface area (Å²) in [6, 6.07) is 12.7. The molecule has 0 bridgehead atoms. The predicted octanol–water partition coefficient (Wildman–Crippen LogP) is 2.18. The molecule has 3 aromatic rings. The highest BCUT2D eigenvalue weighted by atomic mass is 16.7. The molecule has 27 heavy (non-hydrogen) atoms. The average molecular weight is 365 g/mol. The summed E-state index contributed by atoms with van der Waals surface area (Å²) < 4.78 is 11.9. The molecule has 1 aromatic heterocycles. The maximum Gasteiger partial charge on any atom is 0.275 e. The van der Waals surface area contributed by atoms with Crippen LogP contribution in [0.5, 0.6) is 11.5 Å². The number of aromatic nitrogens is 2. The molecule has 0 spiro atoms. The first-order valence-corrected chi connectivity index (χ1v) is 8.60. The first-order chi connectivity index (χ1) is 12.9. The molecular formula is C20H19N3O4. The standard InChI is InChI=1S/C20H19N3O4/c1-20(2,14-7-8-16-17(9-14)27-12-26-16)22-18(24)11-23-19(25)15-6-4-3-5-13(15)10-21-23/h3-10H,11-12H2,1-2H3,(H,22,24). The minimum Gasteiger partial charge on any atom is -0.454 e. The molecule has 7 nitrogen and oxygen atoms in total. The van der Waals surface area contributed by atoms with Gasteiger partial charge in [-0.1, -0.05) is 24.3 Å². The minimum atomic E-state index is -0.654. The van der Waals surface area contributed by atoms with E-state index < -0.39 is 5.54 Å². The van der Waals surface area contributed by atoms with Crippen LogP contribution < -0.4 is 20.3 Å². The van der Waals surface area contributed by atoms with Crippen LogP contribution in [0.2, 0.25) is 0 Å². The zero-order valence-electron chi connectivity index (χ0n) is 15.1. The van der Waals surface area contributed by atoms with Crippen molar-refractivity contribution in [2.45, 2.75) is 25.9 Å². The molecule has 1 aliphatic rings. The van der Waals surface area contributed by atoms with E-state index in [9.17, 15) is 9.59 Å². The van der Waals surface area contributed by atoms with Crippen LogP contribution in [0, 0.1) is 0 Å². The van der Waals surface area contributed by atoms with Crippen LogP contribution in [0.4, 0.5) is 0 Å². The van der Waals surface area contributed by atoms with Crippen molar-refractivity contribution in [1.29, 1.82) is 0 Å². The van der Waals surface area contributed by atoms with Gasteiger partial charge >= 0.3 is 0 Å². The summed E-state index contributed by atoms with van der Waals surface area (Å²) in [7, 11) is 0. The Morgan fingerprint density at radius 2 is 1.96 bits per heavy atom. The Morgan fingerprint density at radius 3 is 2.81 bits per heavy atom. The topological polar surface area (TPSA) is 82.5 Å². The van der Waals surface area contributed by atoms with E-state index in [2.05, 4.69) is 10.4 Å². The Balaban J connectivity index is 1.53. The molecule has 0 saturated carbocycles. The molecular weight excluding hydrogens is 346 g/mol. The number of nitrogens with one attached hydrogen (secondary N) is 1. The third kappa shape index (κ3) is 3.23. The number of hydrogen-bond donors (Lipinski definition) is 1. The van der Waals surface area contributed by atoms with E-state index in [0.717, 1.165) is 10.9 Å². The second-order valence-corrected chi connectivity index (χ2v) is 6.94. The number of rotatable bonds is 4. The molecule has 1 amide bonds. The van der Waals surface area contributed by atoms with Gasteiger partial charge in [0.2, 0.25) is 12.7 Å². The van der Waals surface area contributed by atoms with Crippen LogP contribution in [-0.4, -0.2) is 22.5 Å². The normalized spacial score (nSPS) is 13.0. The van der Waals surface area contributed by atoms with E-state index >= 15 is 0 Å². The summed E-state index contributed by atoms with van der Waals surface area (Å²) in [5.41, 5.74) is -0.0681. The first-order valence-electron chi connectivity index (χ1n) is 8.60. The Hall–Kier alpha value is -3.35. The molecule has 138 valence electrons. The zero-order chi connectivity index (χ0) is 19.0. The van der Waals surface area contributed by atoms with Gasteiger partial charge in [-0.25, -0.2) is 4.68 Å². The van der Waals surface area contributed by atoms with Crippen LogP contribution in [-0.2, 0) is 16.9 Å². The number of nitrogens with zero attached hydrogens (tertiary/aromatic N) is 2. The van der Waals surface area contributed by atoms with Gasteiger partial charge in [-0.3, -0.25) is 9.59 Å². The van der Waals surface area contributed by atoms with Gasteiger partial charge in [-0.05, 0) is 37.6 Å². The fourth-order valence-corrected chi connectivity index (χ4v) is 3.12. The van der Waals surface area contributed by atoms with Crippen LogP contribution >= 0.6 is 0 Å². The van der Waals surface area contributed by atoms with Crippen molar-refractivity contribution in [3.63, 3.8) is 0 Å². The summed E-state index contributed by atoms with van der Waals surface area (Å²) in [5, 5.41) is 8.34. The lowest BCUT2D eigenvalue weighted by atomic mass is 9.94. The van der Waals surface area contributed by atoms with E-state index in [4.69, 9.17) is 9.47 Å². The van der Waals surface area contributed by atoms with Crippen molar-refractivity contribution in [2.75, 3.05) is 6.79 Å². The fourth-order valence-electron chi connectivity index (χ4n) is 3.12. The van der Waals surface area contributed by atoms with Gasteiger partial charge in [0.1, 0.15) is 6.54 Å². The third-order valence-electron chi connectivity index (χ3n) is 4.60. The van der Waals surface area contributed by atoms with Gasteiger partial charge in [0.15, 0.2) is 11.5 Å². The van der Waals surface area contributed by atoms with Crippen molar-refractivity contribution in [2.24, 2.45) is 0 Å². The summed E-state index contributed by atoms with van der Waals surface area (Å²) in [6.07, 6.45) is 1.59. The number of amides is 1. The second-order valence-electron chi connectivity index (χ2n) is 6.94. The molecule has 0 saturated heterocycles. The van der Waals surface area contributed by atoms with E-state index in [-0.39, 0.29) is 24.8 Å². The smallest absolute Gasteiger partial charge is 0.275 e. The monoisotopic (exact) mass is 365 g/mol. The largest absolute Gasteiger partial charge is 0.454 e. The highest BCUT2D eigenvalue weighted by molar-refractivity contribution is 5.81. The van der Waals surface area contributed by atoms with Crippen molar-refractivity contribution in [1.82, 2.24) is 15.1 Å². The van der Waals surface area contributed by atoms with E-state index in [1.807, 2.05) is 44.2 Å². The van der Waals surface area contributed by atoms with Crippen molar-refractivity contribution in [3.05, 3.63) is 64.6 Å². The molecule has 2 aromatic carbocycles. The molecule has 2 heterocycles. The van der Waals surface area contributed by atoms with Gasteiger partial charge in [0, 0.05) is 5.39 Å². The highest BCUT2D eigenvalue weighted by Crippen LogP contribution is 2.35. The van der Waals surface area contributed by atoms with Gasteiger partial charge < -0.3 is 14.8 Å². The lowest BCUT2D eigenvalue weighted by molar-refractivity contribution is -0.123. The molecule has 0 fully saturated rings. The molecule has 0 aliphatic carbocycles. The minimum absolute atomic E-state index is 0.155. The Labute approximate surface area is 155 Å². The lowest BCUT2D eigenvalue weighted by Crippen LogP contribution is -2.44. The summed E-state index contributed by atoms with van der Waals surface area (Å²) >= 11 is 0. The van der Waals surface area contributed by atoms with Crippen LogP contribution in [0.15, 0.2) is 53.5 Å². The maximum atomic E-state index is 12.6. The number of benzene rings is 2. The molecule has 4 rings (SSSR count). The van der Waals surface area contributed by atoms with Crippen LogP contribution in [0.1, 0.15) is 19.4 Å². The summed E-state index contributed by atoms with van der Waals surface area (Å²) in [6.45, 7) is 3.82. The van der Waals surface area contributed by atoms with Gasteiger partial charge in [0.25, 0.3) is 5.56 Å². The second kappa shape index (κ2) is 6.42. The van der Waals surface area contributed by atoms with E-state index in [1.165, 1.54) is 4.68 Å². The maximum absolute atomic E-state index is 12.6. The number of carbonyl (C=O) groups excluding carboxylic acids is 1. The summed E-state index contributed by atoms with van der Waals surface area (Å²) in [4.78, 5) is 25.1. The Bertz CT molecular complexity index is 1090. The predicted molar refractivity (Wildman–Crippen MR) is 99.7 cm³/mol. The number of ether oxygens (including phenoxy) is 2. The van der Waals surface area contributed by atoms with Crippen LogP contribution in [0.25, 0.3) is 10.8 Å². The van der Waals surface area contributed by atoms with Crippen molar-refractivity contribution >= 4 is 16.7 Å². The Kier molecular flexibility index (Phi) is 4.07. The third-order valence-corrected chi connectivity index (χ3v) is 4.60. The number of hydrogen-bond acceptors (Lipinski definition) is 5. The van der Waals surface area contributed by atoms with Crippen molar-refractivity contribution < 1.29 is 14.3 Å². The molecule has 0 radical (unpaired) electrons. The first kappa shape index (κ1) is 17.1. The SMILES string of the molecule is CC(C)(NC(=O)Cn1ncc2ccccc2c1=O)c1ccc2c(c1)OCO2. The van der Waals surface area contributed by atoms with Crippen molar-refractivity contribution in [3.8, 4) is 11.5 Å². The molecule has 1 aliphatic heterocycles. The number of carbonyl (C=O) groups is 1. The van der Waals surface area contributed by atoms with Gasteiger partial charge in [0.05, 0.1) is 17.1 Å². The van der Waals surface area contributed by atoms with Gasteiger partial charge in [-0.2, -0.15) is 5.10 Å². The summed E-state index contributed by atoms with van der Waals surface area (Å²) in [5.74, 6) is 1.04. The van der Waals surface area contributed by atoms with E-state index in [1.54, 1.807) is 18.3 Å². The lowest BCUT2D eigenvalue weighted by Gasteiger charge is -2.27. The number of fused-ring (bicyclic) bond motifs is 2. The molecule has 0 unspecified atom stereocenters. The van der Waals surface area contributed by atoms with E-state index in [0.29, 0.717) is 16.9 Å². The average Bonchev–Trinajstić information content (AvgIpc) is 3.11. The molecule has 7 heteroatoms. The fraction of sp³-hybridized carbons (Fsp3) is 0.250. The van der Waals surface area contributed by atoms with Gasteiger partial charge in [-0.15, -0.1) is 0 Å². The quantitative estimate of drug-likeness (QED) is 0.766. The van der Waals surface area contributed by atoms with Crippen LogP contribution in [0.3, 0.4) is 0 Å². The Morgan fingerprint density at radius 1 is 1.19 bits per heavy atom. The zero-order valence-corrected chi connectivity index (χ0v) is 15.1. The molecule has 0 atom stereocenters. The highest BCUT2D eigenvalue weighted by Gasteiger charge is 2.26.